The number of alkyl halides is 3. The lowest BCUT2D eigenvalue weighted by molar-refractivity contribution is -0.141. The fourth-order valence-electron chi connectivity index (χ4n) is 3.79. The Balaban J connectivity index is 1.33. The van der Waals surface area contributed by atoms with Crippen molar-refractivity contribution >= 4 is 22.2 Å². The molecule has 6 heteroatoms. The SMILES string of the molecule is CN(CCCN1C=CC(c2cccc3ccccc23)=CC1)c1cccc(C(F)(F)F)n1. The zero-order chi connectivity index (χ0) is 21.8. The summed E-state index contributed by atoms with van der Waals surface area (Å²) in [7, 11) is 1.77. The fourth-order valence-corrected chi connectivity index (χ4v) is 3.79. The second-order valence-corrected chi connectivity index (χ2v) is 7.65. The summed E-state index contributed by atoms with van der Waals surface area (Å²) in [5.41, 5.74) is 1.57. The van der Waals surface area contributed by atoms with Crippen molar-refractivity contribution in [3.8, 4) is 0 Å². The highest BCUT2D eigenvalue weighted by Gasteiger charge is 2.32. The molecule has 0 N–H and O–H groups in total. The number of nitrogens with zero attached hydrogens (tertiary/aromatic N) is 3. The van der Waals surface area contributed by atoms with Crippen LogP contribution in [-0.4, -0.2) is 36.6 Å². The van der Waals surface area contributed by atoms with Crippen molar-refractivity contribution in [3.63, 3.8) is 0 Å². The Morgan fingerprint density at radius 2 is 1.77 bits per heavy atom. The van der Waals surface area contributed by atoms with Gasteiger partial charge in [0, 0.05) is 26.7 Å². The first-order chi connectivity index (χ1) is 14.9. The summed E-state index contributed by atoms with van der Waals surface area (Å²) < 4.78 is 38.6. The van der Waals surface area contributed by atoms with Gasteiger partial charge in [-0.3, -0.25) is 0 Å². The van der Waals surface area contributed by atoms with Crippen LogP contribution in [0.15, 0.2) is 79.0 Å². The number of pyridine rings is 1. The quantitative estimate of drug-likeness (QED) is 0.485. The van der Waals surface area contributed by atoms with E-state index in [-0.39, 0.29) is 0 Å². The smallest absolute Gasteiger partial charge is 0.374 e. The van der Waals surface area contributed by atoms with Crippen LogP contribution in [0.3, 0.4) is 0 Å². The van der Waals surface area contributed by atoms with Crippen LogP contribution < -0.4 is 4.90 Å². The van der Waals surface area contributed by atoms with E-state index in [0.717, 1.165) is 25.6 Å². The number of hydrogen-bond donors (Lipinski definition) is 0. The molecule has 1 aliphatic heterocycles. The Labute approximate surface area is 180 Å². The van der Waals surface area contributed by atoms with Gasteiger partial charge in [-0.25, -0.2) is 4.98 Å². The molecule has 2 aromatic carbocycles. The van der Waals surface area contributed by atoms with Crippen LogP contribution in [0, 0.1) is 0 Å². The molecule has 0 amide bonds. The third-order valence-electron chi connectivity index (χ3n) is 5.47. The molecule has 31 heavy (non-hydrogen) atoms. The molecular formula is C25H24F3N3. The normalized spacial score (nSPS) is 14.1. The number of halogens is 3. The van der Waals surface area contributed by atoms with Gasteiger partial charge in [0.25, 0.3) is 0 Å². The molecule has 0 saturated carbocycles. The highest BCUT2D eigenvalue weighted by Crippen LogP contribution is 2.29. The average molecular weight is 423 g/mol. The molecule has 1 aliphatic rings. The van der Waals surface area contributed by atoms with Crippen molar-refractivity contribution in [1.29, 1.82) is 0 Å². The maximum Gasteiger partial charge on any atom is 0.433 e. The van der Waals surface area contributed by atoms with E-state index in [0.29, 0.717) is 12.4 Å². The second-order valence-electron chi connectivity index (χ2n) is 7.65. The Morgan fingerprint density at radius 1 is 1.00 bits per heavy atom. The van der Waals surface area contributed by atoms with Crippen LogP contribution in [0.1, 0.15) is 17.7 Å². The van der Waals surface area contributed by atoms with Crippen molar-refractivity contribution in [3.05, 3.63) is 90.3 Å². The summed E-state index contributed by atoms with van der Waals surface area (Å²) in [6, 6.07) is 18.7. The topological polar surface area (TPSA) is 19.4 Å². The molecule has 1 aromatic heterocycles. The molecule has 0 aliphatic carbocycles. The van der Waals surface area contributed by atoms with Crippen LogP contribution in [0.25, 0.3) is 16.3 Å². The third-order valence-corrected chi connectivity index (χ3v) is 5.47. The van der Waals surface area contributed by atoms with Crippen molar-refractivity contribution in [2.24, 2.45) is 0 Å². The number of allylic oxidation sites excluding steroid dienone is 2. The lowest BCUT2D eigenvalue weighted by atomic mass is 9.97. The largest absolute Gasteiger partial charge is 0.433 e. The predicted octanol–water partition coefficient (Wildman–Crippen LogP) is 5.99. The molecule has 4 rings (SSSR count). The Kier molecular flexibility index (Phi) is 5.98. The monoisotopic (exact) mass is 423 g/mol. The van der Waals surface area contributed by atoms with Gasteiger partial charge < -0.3 is 9.80 Å². The fraction of sp³-hybridized carbons (Fsp3) is 0.240. The first-order valence-corrected chi connectivity index (χ1v) is 10.3. The van der Waals surface area contributed by atoms with Crippen molar-refractivity contribution in [2.75, 3.05) is 31.6 Å². The molecule has 3 nitrogen and oxygen atoms in total. The standard InChI is InChI=1S/C25H24F3N3/c1-30(24-12-5-11-23(29-24)25(26,27)28)15-6-16-31-17-13-20(14-18-31)22-10-4-8-19-7-2-3-9-21(19)22/h2-5,7-14,17H,6,15-16,18H2,1H3. The van der Waals surface area contributed by atoms with Crippen molar-refractivity contribution in [1.82, 2.24) is 9.88 Å². The molecule has 0 spiro atoms. The first-order valence-electron chi connectivity index (χ1n) is 10.3. The maximum atomic E-state index is 12.9. The lowest BCUT2D eigenvalue weighted by Gasteiger charge is -2.25. The summed E-state index contributed by atoms with van der Waals surface area (Å²) in [6.07, 6.45) is 2.84. The molecular weight excluding hydrogens is 399 g/mol. The Bertz CT molecular complexity index is 1110. The second kappa shape index (κ2) is 8.84. The molecule has 2 heterocycles. The van der Waals surface area contributed by atoms with Gasteiger partial charge in [0.05, 0.1) is 0 Å². The first kappa shape index (κ1) is 21.0. The predicted molar refractivity (Wildman–Crippen MR) is 120 cm³/mol. The maximum absolute atomic E-state index is 12.9. The minimum absolute atomic E-state index is 0.335. The zero-order valence-electron chi connectivity index (χ0n) is 17.3. The minimum atomic E-state index is -4.43. The van der Waals surface area contributed by atoms with Gasteiger partial charge in [-0.2, -0.15) is 13.2 Å². The molecule has 0 unspecified atom stereocenters. The molecule has 0 bridgehead atoms. The number of aromatic nitrogens is 1. The Hall–Kier alpha value is -3.28. The summed E-state index contributed by atoms with van der Waals surface area (Å²) in [5.74, 6) is 0.335. The van der Waals surface area contributed by atoms with Crippen molar-refractivity contribution < 1.29 is 13.2 Å². The van der Waals surface area contributed by atoms with Gasteiger partial charge >= 0.3 is 6.18 Å². The lowest BCUT2D eigenvalue weighted by Crippen LogP contribution is -2.27. The highest BCUT2D eigenvalue weighted by atomic mass is 19.4. The van der Waals surface area contributed by atoms with Crippen LogP contribution in [0.5, 0.6) is 0 Å². The van der Waals surface area contributed by atoms with E-state index in [1.54, 1.807) is 18.0 Å². The Morgan fingerprint density at radius 3 is 2.55 bits per heavy atom. The third kappa shape index (κ3) is 4.90. The molecule has 0 saturated heterocycles. The number of anilines is 1. The number of benzene rings is 2. The van der Waals surface area contributed by atoms with Gasteiger partial charge in [-0.15, -0.1) is 0 Å². The zero-order valence-corrected chi connectivity index (χ0v) is 17.3. The van der Waals surface area contributed by atoms with Crippen LogP contribution in [-0.2, 0) is 6.18 Å². The highest BCUT2D eigenvalue weighted by molar-refractivity contribution is 5.96. The van der Waals surface area contributed by atoms with Gasteiger partial charge in [0.15, 0.2) is 0 Å². The number of rotatable bonds is 6. The van der Waals surface area contributed by atoms with E-state index in [9.17, 15) is 13.2 Å². The van der Waals surface area contributed by atoms with E-state index in [4.69, 9.17) is 0 Å². The molecule has 0 fully saturated rings. The van der Waals surface area contributed by atoms with Crippen LogP contribution >= 0.6 is 0 Å². The molecule has 0 radical (unpaired) electrons. The van der Waals surface area contributed by atoms with Crippen molar-refractivity contribution in [2.45, 2.75) is 12.6 Å². The molecule has 3 aromatic rings. The van der Waals surface area contributed by atoms with E-state index < -0.39 is 11.9 Å². The van der Waals surface area contributed by atoms with Crippen LogP contribution in [0.2, 0.25) is 0 Å². The van der Waals surface area contributed by atoms with E-state index >= 15 is 0 Å². The number of hydrogen-bond acceptors (Lipinski definition) is 3. The van der Waals surface area contributed by atoms with E-state index in [1.165, 1.54) is 28.0 Å². The van der Waals surface area contributed by atoms with Gasteiger partial charge in [-0.1, -0.05) is 54.6 Å². The van der Waals surface area contributed by atoms with Gasteiger partial charge in [-0.05, 0) is 52.7 Å². The van der Waals surface area contributed by atoms with Crippen LogP contribution in [0.4, 0.5) is 19.0 Å². The minimum Gasteiger partial charge on any atom is -0.374 e. The summed E-state index contributed by atoms with van der Waals surface area (Å²) in [6.45, 7) is 2.25. The number of fused-ring (bicyclic) bond motifs is 1. The summed E-state index contributed by atoms with van der Waals surface area (Å²) in [4.78, 5) is 7.72. The van der Waals surface area contributed by atoms with Gasteiger partial charge in [0.1, 0.15) is 11.5 Å². The van der Waals surface area contributed by atoms with Gasteiger partial charge in [0.2, 0.25) is 0 Å². The van der Waals surface area contributed by atoms with E-state index in [1.807, 2.05) is 6.07 Å². The summed E-state index contributed by atoms with van der Waals surface area (Å²) in [5, 5.41) is 2.47. The molecule has 0 atom stereocenters. The average Bonchev–Trinajstić information content (AvgIpc) is 2.79. The summed E-state index contributed by atoms with van der Waals surface area (Å²) >= 11 is 0. The van der Waals surface area contributed by atoms with E-state index in [2.05, 4.69) is 64.6 Å². The molecule has 160 valence electrons.